The summed E-state index contributed by atoms with van der Waals surface area (Å²) in [5, 5.41) is 2.24. The van der Waals surface area contributed by atoms with Crippen molar-refractivity contribution in [2.24, 2.45) is 0 Å². The van der Waals surface area contributed by atoms with E-state index in [2.05, 4.69) is 4.98 Å². The van der Waals surface area contributed by atoms with E-state index >= 15 is 0 Å². The second kappa shape index (κ2) is 8.31. The van der Waals surface area contributed by atoms with Crippen molar-refractivity contribution >= 4 is 34.0 Å². The molecule has 0 radical (unpaired) electrons. The number of rotatable bonds is 5. The predicted octanol–water partition coefficient (Wildman–Crippen LogP) is 4.94. The van der Waals surface area contributed by atoms with Gasteiger partial charge in [0.05, 0.1) is 16.9 Å². The Bertz CT molecular complexity index is 1010. The van der Waals surface area contributed by atoms with Crippen molar-refractivity contribution in [2.75, 3.05) is 4.90 Å². The van der Waals surface area contributed by atoms with Crippen molar-refractivity contribution in [3.05, 3.63) is 76.0 Å². The van der Waals surface area contributed by atoms with E-state index in [-0.39, 0.29) is 18.1 Å². The fourth-order valence-corrected chi connectivity index (χ4v) is 3.44. The molecular weight excluding hydrogens is 379 g/mol. The molecular formula is C21H19FN2O3S. The summed E-state index contributed by atoms with van der Waals surface area (Å²) in [5.41, 5.74) is 3.75. The molecule has 0 unspecified atom stereocenters. The summed E-state index contributed by atoms with van der Waals surface area (Å²) >= 11 is 1.29. The SMILES string of the molecule is CC(=O)N(c1ccc(C)c(C)c1)c1nc(COC(=O)c2ccc(F)cc2)cs1. The molecule has 1 heterocycles. The fraction of sp³-hybridized carbons (Fsp3) is 0.190. The number of halogens is 1. The van der Waals surface area contributed by atoms with Gasteiger partial charge in [0.25, 0.3) is 0 Å². The molecule has 0 saturated heterocycles. The topological polar surface area (TPSA) is 59.5 Å². The Morgan fingerprint density at radius 2 is 1.82 bits per heavy atom. The normalized spacial score (nSPS) is 10.6. The maximum Gasteiger partial charge on any atom is 0.338 e. The Morgan fingerprint density at radius 3 is 2.46 bits per heavy atom. The van der Waals surface area contributed by atoms with Gasteiger partial charge >= 0.3 is 5.97 Å². The summed E-state index contributed by atoms with van der Waals surface area (Å²) in [6.07, 6.45) is 0. The van der Waals surface area contributed by atoms with E-state index in [1.165, 1.54) is 47.4 Å². The van der Waals surface area contributed by atoms with Gasteiger partial charge in [0.1, 0.15) is 12.4 Å². The van der Waals surface area contributed by atoms with E-state index in [1.54, 1.807) is 5.38 Å². The summed E-state index contributed by atoms with van der Waals surface area (Å²) in [7, 11) is 0. The molecule has 0 aliphatic carbocycles. The van der Waals surface area contributed by atoms with Crippen LogP contribution in [0.2, 0.25) is 0 Å². The van der Waals surface area contributed by atoms with Gasteiger partial charge in [-0.1, -0.05) is 6.07 Å². The van der Waals surface area contributed by atoms with Gasteiger partial charge in [-0.05, 0) is 61.4 Å². The average Bonchev–Trinajstić information content (AvgIpc) is 3.11. The Morgan fingerprint density at radius 1 is 1.11 bits per heavy atom. The van der Waals surface area contributed by atoms with Gasteiger partial charge in [0, 0.05) is 12.3 Å². The molecule has 0 aliphatic heterocycles. The number of hydrogen-bond acceptors (Lipinski definition) is 5. The first-order valence-corrected chi connectivity index (χ1v) is 9.48. The van der Waals surface area contributed by atoms with Crippen molar-refractivity contribution in [3.63, 3.8) is 0 Å². The minimum Gasteiger partial charge on any atom is -0.456 e. The second-order valence-electron chi connectivity index (χ2n) is 6.33. The van der Waals surface area contributed by atoms with Gasteiger partial charge in [-0.15, -0.1) is 11.3 Å². The number of amides is 1. The number of carbonyl (C=O) groups excluding carboxylic acids is 2. The summed E-state index contributed by atoms with van der Waals surface area (Å²) < 4.78 is 18.2. The van der Waals surface area contributed by atoms with Crippen molar-refractivity contribution in [1.29, 1.82) is 0 Å². The maximum atomic E-state index is 12.9. The van der Waals surface area contributed by atoms with Gasteiger partial charge in [0.15, 0.2) is 5.13 Å². The monoisotopic (exact) mass is 398 g/mol. The highest BCUT2D eigenvalue weighted by molar-refractivity contribution is 7.14. The summed E-state index contributed by atoms with van der Waals surface area (Å²) in [6, 6.07) is 10.9. The van der Waals surface area contributed by atoms with Crippen LogP contribution in [0.5, 0.6) is 0 Å². The highest BCUT2D eigenvalue weighted by atomic mass is 32.1. The van der Waals surface area contributed by atoms with Crippen molar-refractivity contribution < 1.29 is 18.7 Å². The second-order valence-corrected chi connectivity index (χ2v) is 7.16. The number of esters is 1. The molecule has 2 aromatic carbocycles. The molecule has 0 bridgehead atoms. The average molecular weight is 398 g/mol. The number of thiazole rings is 1. The number of nitrogens with zero attached hydrogens (tertiary/aromatic N) is 2. The van der Waals surface area contributed by atoms with Gasteiger partial charge in [-0.3, -0.25) is 9.69 Å². The summed E-state index contributed by atoms with van der Waals surface area (Å²) in [4.78, 5) is 30.2. The quantitative estimate of drug-likeness (QED) is 0.571. The third-order valence-corrected chi connectivity index (χ3v) is 5.10. The molecule has 3 rings (SSSR count). The zero-order chi connectivity index (χ0) is 20.3. The van der Waals surface area contributed by atoms with Crippen molar-refractivity contribution in [1.82, 2.24) is 4.98 Å². The summed E-state index contributed by atoms with van der Waals surface area (Å²) in [6.45, 7) is 5.43. The molecule has 28 heavy (non-hydrogen) atoms. The Kier molecular flexibility index (Phi) is 5.84. The summed E-state index contributed by atoms with van der Waals surface area (Å²) in [5.74, 6) is -1.14. The Balaban J connectivity index is 1.74. The van der Waals surface area contributed by atoms with Crippen LogP contribution < -0.4 is 4.90 Å². The number of hydrogen-bond donors (Lipinski definition) is 0. The molecule has 1 aromatic heterocycles. The molecule has 144 valence electrons. The Labute approximate surface area is 166 Å². The molecule has 0 saturated carbocycles. The van der Waals surface area contributed by atoms with E-state index in [9.17, 15) is 14.0 Å². The standard InChI is InChI=1S/C21H19FN2O3S/c1-13-4-9-19(10-14(13)2)24(15(3)25)21-23-18(12-28-21)11-27-20(26)16-5-7-17(22)8-6-16/h4-10,12H,11H2,1-3H3. The van der Waals surface area contributed by atoms with E-state index in [1.807, 2.05) is 32.0 Å². The minimum absolute atomic E-state index is 0.0363. The molecule has 7 heteroatoms. The third-order valence-electron chi connectivity index (χ3n) is 4.23. The molecule has 0 aliphatic rings. The van der Waals surface area contributed by atoms with E-state index in [4.69, 9.17) is 4.74 Å². The van der Waals surface area contributed by atoms with Crippen LogP contribution in [-0.2, 0) is 16.1 Å². The first-order valence-electron chi connectivity index (χ1n) is 8.60. The van der Waals surface area contributed by atoms with E-state index in [0.717, 1.165) is 16.8 Å². The molecule has 3 aromatic rings. The smallest absolute Gasteiger partial charge is 0.338 e. The van der Waals surface area contributed by atoms with Gasteiger partial charge < -0.3 is 4.74 Å². The third kappa shape index (κ3) is 4.43. The molecule has 0 atom stereocenters. The van der Waals surface area contributed by atoms with Crippen LogP contribution in [-0.4, -0.2) is 16.9 Å². The zero-order valence-electron chi connectivity index (χ0n) is 15.7. The number of aromatic nitrogens is 1. The molecule has 1 amide bonds. The number of anilines is 2. The van der Waals surface area contributed by atoms with Crippen LogP contribution in [0.1, 0.15) is 34.1 Å². The maximum absolute atomic E-state index is 12.9. The highest BCUT2D eigenvalue weighted by Gasteiger charge is 2.19. The lowest BCUT2D eigenvalue weighted by Gasteiger charge is -2.19. The molecule has 0 spiro atoms. The molecule has 5 nitrogen and oxygen atoms in total. The van der Waals surface area contributed by atoms with Gasteiger partial charge in [-0.2, -0.15) is 0 Å². The first kappa shape index (κ1) is 19.7. The molecule has 0 fully saturated rings. The van der Waals surface area contributed by atoms with Gasteiger partial charge in [-0.25, -0.2) is 14.2 Å². The van der Waals surface area contributed by atoms with Crippen LogP contribution in [0, 0.1) is 19.7 Å². The minimum atomic E-state index is -0.563. The van der Waals surface area contributed by atoms with Crippen LogP contribution >= 0.6 is 11.3 Å². The number of carbonyl (C=O) groups is 2. The van der Waals surface area contributed by atoms with Crippen LogP contribution in [0.15, 0.2) is 47.8 Å². The van der Waals surface area contributed by atoms with Crippen molar-refractivity contribution in [3.8, 4) is 0 Å². The van der Waals surface area contributed by atoms with Gasteiger partial charge in [0.2, 0.25) is 5.91 Å². The van der Waals surface area contributed by atoms with Crippen LogP contribution in [0.3, 0.4) is 0 Å². The fourth-order valence-electron chi connectivity index (χ4n) is 2.57. The predicted molar refractivity (Wildman–Crippen MR) is 106 cm³/mol. The zero-order valence-corrected chi connectivity index (χ0v) is 16.5. The largest absolute Gasteiger partial charge is 0.456 e. The van der Waals surface area contributed by atoms with E-state index in [0.29, 0.717) is 10.8 Å². The lowest BCUT2D eigenvalue weighted by atomic mass is 10.1. The highest BCUT2D eigenvalue weighted by Crippen LogP contribution is 2.30. The lowest BCUT2D eigenvalue weighted by molar-refractivity contribution is -0.115. The number of ether oxygens (including phenoxy) is 1. The lowest BCUT2D eigenvalue weighted by Crippen LogP contribution is -2.22. The Hall–Kier alpha value is -3.06. The van der Waals surface area contributed by atoms with Crippen LogP contribution in [0.4, 0.5) is 15.2 Å². The first-order chi connectivity index (χ1) is 13.3. The van der Waals surface area contributed by atoms with Crippen molar-refractivity contribution in [2.45, 2.75) is 27.4 Å². The molecule has 0 N–H and O–H groups in total. The number of aryl methyl sites for hydroxylation is 2. The number of benzene rings is 2. The van der Waals surface area contributed by atoms with E-state index < -0.39 is 11.8 Å². The van der Waals surface area contributed by atoms with Crippen LogP contribution in [0.25, 0.3) is 0 Å².